The van der Waals surface area contributed by atoms with E-state index in [9.17, 15) is 8.78 Å². The first-order chi connectivity index (χ1) is 13.7. The molecule has 28 heavy (non-hydrogen) atoms. The fourth-order valence-electron chi connectivity index (χ4n) is 5.41. The number of ether oxygens (including phenoxy) is 1. The fraction of sp³-hybridized carbons (Fsp3) is 0.478. The minimum absolute atomic E-state index is 0.181. The molecule has 5 heteroatoms. The van der Waals surface area contributed by atoms with E-state index >= 15 is 0 Å². The number of anilines is 1. The Balaban J connectivity index is 1.35. The molecule has 2 fully saturated rings. The topological polar surface area (TPSA) is 15.7 Å². The van der Waals surface area contributed by atoms with Crippen LogP contribution in [0.4, 0.5) is 14.5 Å². The minimum atomic E-state index is -0.292. The molecule has 1 saturated heterocycles. The van der Waals surface area contributed by atoms with Gasteiger partial charge in [-0.15, -0.1) is 0 Å². The van der Waals surface area contributed by atoms with E-state index in [0.29, 0.717) is 12.6 Å². The highest BCUT2D eigenvalue weighted by Crippen LogP contribution is 2.49. The van der Waals surface area contributed by atoms with Crippen molar-refractivity contribution >= 4 is 5.69 Å². The molecule has 2 aliphatic heterocycles. The summed E-state index contributed by atoms with van der Waals surface area (Å²) in [6.07, 6.45) is 4.50. The lowest BCUT2D eigenvalue weighted by Crippen LogP contribution is -2.58. The average Bonchev–Trinajstić information content (AvgIpc) is 3.07. The first kappa shape index (κ1) is 18.1. The highest BCUT2D eigenvalue weighted by Gasteiger charge is 2.50. The maximum Gasteiger partial charge on any atom is 0.123 e. The Labute approximate surface area is 164 Å². The molecule has 0 N–H and O–H groups in total. The van der Waals surface area contributed by atoms with Gasteiger partial charge >= 0.3 is 0 Å². The number of fused-ring (bicyclic) bond motifs is 2. The quantitative estimate of drug-likeness (QED) is 0.761. The normalized spacial score (nSPS) is 27.9. The zero-order chi connectivity index (χ0) is 19.1. The molecule has 2 atom stereocenters. The first-order valence-corrected chi connectivity index (χ1v) is 10.3. The van der Waals surface area contributed by atoms with Crippen LogP contribution in [-0.4, -0.2) is 37.1 Å². The van der Waals surface area contributed by atoms with Crippen molar-refractivity contribution in [3.05, 3.63) is 65.2 Å². The molecule has 2 aromatic carbocycles. The van der Waals surface area contributed by atoms with Crippen LogP contribution in [-0.2, 0) is 16.9 Å². The highest BCUT2D eigenvalue weighted by molar-refractivity contribution is 5.47. The first-order valence-electron chi connectivity index (χ1n) is 10.3. The third-order valence-electron chi connectivity index (χ3n) is 6.77. The lowest BCUT2D eigenvalue weighted by atomic mass is 9.74. The molecule has 3 aliphatic rings. The molecule has 0 radical (unpaired) electrons. The predicted molar refractivity (Wildman–Crippen MR) is 105 cm³/mol. The van der Waals surface area contributed by atoms with Crippen molar-refractivity contribution < 1.29 is 13.5 Å². The summed E-state index contributed by atoms with van der Waals surface area (Å²) in [6, 6.07) is 12.3. The number of piperazine rings is 1. The van der Waals surface area contributed by atoms with Gasteiger partial charge in [-0.2, -0.15) is 0 Å². The molecule has 0 amide bonds. The van der Waals surface area contributed by atoms with Crippen molar-refractivity contribution in [1.29, 1.82) is 0 Å². The number of halogens is 2. The van der Waals surface area contributed by atoms with Gasteiger partial charge in [0.1, 0.15) is 17.2 Å². The van der Waals surface area contributed by atoms with Crippen LogP contribution in [0.25, 0.3) is 0 Å². The second-order valence-electron chi connectivity index (χ2n) is 8.24. The van der Waals surface area contributed by atoms with E-state index in [1.807, 2.05) is 18.2 Å². The average molecular weight is 384 g/mol. The third-order valence-corrected chi connectivity index (χ3v) is 6.77. The monoisotopic (exact) mass is 384 g/mol. The summed E-state index contributed by atoms with van der Waals surface area (Å²) >= 11 is 0. The largest absolute Gasteiger partial charge is 0.369 e. The molecule has 2 aromatic rings. The van der Waals surface area contributed by atoms with E-state index in [0.717, 1.165) is 56.7 Å². The minimum Gasteiger partial charge on any atom is -0.369 e. The van der Waals surface area contributed by atoms with Gasteiger partial charge < -0.3 is 9.64 Å². The summed E-state index contributed by atoms with van der Waals surface area (Å²) in [5, 5.41) is 0. The van der Waals surface area contributed by atoms with E-state index in [4.69, 9.17) is 4.74 Å². The van der Waals surface area contributed by atoms with Crippen molar-refractivity contribution in [2.75, 3.05) is 31.1 Å². The molecule has 148 valence electrons. The van der Waals surface area contributed by atoms with Crippen molar-refractivity contribution in [2.24, 2.45) is 0 Å². The van der Waals surface area contributed by atoms with E-state index in [2.05, 4.69) is 9.80 Å². The highest BCUT2D eigenvalue weighted by atomic mass is 19.1. The van der Waals surface area contributed by atoms with E-state index in [-0.39, 0.29) is 17.2 Å². The maximum atomic E-state index is 13.7. The van der Waals surface area contributed by atoms with Gasteiger partial charge in [0.2, 0.25) is 0 Å². The van der Waals surface area contributed by atoms with Gasteiger partial charge in [0, 0.05) is 37.9 Å². The molecule has 2 heterocycles. The summed E-state index contributed by atoms with van der Waals surface area (Å²) in [6.45, 7) is 4.29. The van der Waals surface area contributed by atoms with Crippen LogP contribution in [0.3, 0.4) is 0 Å². The Kier molecular flexibility index (Phi) is 4.60. The Morgan fingerprint density at radius 1 is 0.893 bits per heavy atom. The van der Waals surface area contributed by atoms with Crippen LogP contribution < -0.4 is 4.90 Å². The van der Waals surface area contributed by atoms with E-state index < -0.39 is 0 Å². The predicted octanol–water partition coefficient (Wildman–Crippen LogP) is 4.46. The number of rotatable bonds is 2. The van der Waals surface area contributed by atoms with Crippen molar-refractivity contribution in [2.45, 2.75) is 43.9 Å². The van der Waals surface area contributed by atoms with Crippen LogP contribution in [0.15, 0.2) is 42.5 Å². The van der Waals surface area contributed by atoms with Crippen LogP contribution in [0.1, 0.15) is 36.8 Å². The van der Waals surface area contributed by atoms with Crippen LogP contribution in [0.2, 0.25) is 0 Å². The summed E-state index contributed by atoms with van der Waals surface area (Å²) < 4.78 is 33.3. The molecule has 0 aromatic heterocycles. The summed E-state index contributed by atoms with van der Waals surface area (Å²) in [5.74, 6) is -0.375. The maximum absolute atomic E-state index is 13.7. The van der Waals surface area contributed by atoms with Crippen LogP contribution >= 0.6 is 0 Å². The zero-order valence-corrected chi connectivity index (χ0v) is 16.0. The summed E-state index contributed by atoms with van der Waals surface area (Å²) in [7, 11) is 0. The molecule has 1 spiro atoms. The van der Waals surface area contributed by atoms with Crippen molar-refractivity contribution in [1.82, 2.24) is 4.90 Å². The van der Waals surface area contributed by atoms with Crippen LogP contribution in [0.5, 0.6) is 0 Å². The lowest BCUT2D eigenvalue weighted by Gasteiger charge is -2.49. The second kappa shape index (κ2) is 7.12. The van der Waals surface area contributed by atoms with Crippen molar-refractivity contribution in [3.63, 3.8) is 0 Å². The van der Waals surface area contributed by atoms with Crippen LogP contribution in [0, 0.1) is 11.6 Å². The molecule has 5 rings (SSSR count). The number of hydrogen-bond acceptors (Lipinski definition) is 3. The van der Waals surface area contributed by atoms with Gasteiger partial charge in [0.25, 0.3) is 0 Å². The summed E-state index contributed by atoms with van der Waals surface area (Å²) in [4.78, 5) is 4.89. The Bertz CT molecular complexity index is 848. The van der Waals surface area contributed by atoms with E-state index in [1.165, 1.54) is 24.1 Å². The molecule has 3 nitrogen and oxygen atoms in total. The molecule has 1 aliphatic carbocycles. The number of nitrogens with zero attached hydrogens (tertiary/aromatic N) is 2. The van der Waals surface area contributed by atoms with E-state index in [1.54, 1.807) is 12.1 Å². The Hall–Kier alpha value is -1.98. The lowest BCUT2D eigenvalue weighted by molar-refractivity contribution is -0.121. The molecular formula is C23H26F2N2O. The number of benzene rings is 2. The van der Waals surface area contributed by atoms with Gasteiger partial charge in [-0.05, 0) is 60.4 Å². The Morgan fingerprint density at radius 2 is 1.64 bits per heavy atom. The summed E-state index contributed by atoms with van der Waals surface area (Å²) in [5.41, 5.74) is 2.99. The SMILES string of the molecule is Fc1ccc(N2CCN([C@@H]3CCCC[C@@]34OCc3cc(F)ccc34)CC2)cc1. The molecule has 1 saturated carbocycles. The standard InChI is InChI=1S/C23H26F2N2O/c24-18-4-7-20(8-5-18)26-11-13-27(14-12-26)22-3-1-2-10-23(22)21-9-6-19(25)15-17(21)16-28-23/h4-9,15,22H,1-3,10-14,16H2/t22-,23+/m1/s1. The second-order valence-corrected chi connectivity index (χ2v) is 8.24. The molecule has 0 unspecified atom stereocenters. The third kappa shape index (κ3) is 3.01. The van der Waals surface area contributed by atoms with Gasteiger partial charge in [-0.25, -0.2) is 8.78 Å². The smallest absolute Gasteiger partial charge is 0.123 e. The zero-order valence-electron chi connectivity index (χ0n) is 16.0. The van der Waals surface area contributed by atoms with Gasteiger partial charge in [-0.1, -0.05) is 18.9 Å². The van der Waals surface area contributed by atoms with Crippen molar-refractivity contribution in [3.8, 4) is 0 Å². The molecular weight excluding hydrogens is 358 g/mol. The molecule has 0 bridgehead atoms. The fourth-order valence-corrected chi connectivity index (χ4v) is 5.41. The van der Waals surface area contributed by atoms with Gasteiger partial charge in [0.15, 0.2) is 0 Å². The van der Waals surface area contributed by atoms with Gasteiger partial charge in [0.05, 0.1) is 6.61 Å². The Morgan fingerprint density at radius 3 is 2.43 bits per heavy atom. The number of hydrogen-bond donors (Lipinski definition) is 0. The van der Waals surface area contributed by atoms with Gasteiger partial charge in [-0.3, -0.25) is 4.90 Å².